The van der Waals surface area contributed by atoms with Gasteiger partial charge < -0.3 is 25.6 Å². The maximum atomic E-state index is 14.4. The Morgan fingerprint density at radius 2 is 1.72 bits per heavy atom. The average Bonchev–Trinajstić information content (AvgIpc) is 4.08. The van der Waals surface area contributed by atoms with Crippen molar-refractivity contribution in [3.63, 3.8) is 0 Å². The van der Waals surface area contributed by atoms with Gasteiger partial charge in [0.15, 0.2) is 0 Å². The molecule has 5 aliphatic rings. The molecule has 2 saturated carbocycles. The number of aromatic nitrogens is 1. The molecule has 7 rings (SSSR count). The minimum Gasteiger partial charge on any atom is -0.494 e. The smallest absolute Gasteiger partial charge is 0.270 e. The summed E-state index contributed by atoms with van der Waals surface area (Å²) in [7, 11) is -3.89. The van der Waals surface area contributed by atoms with Crippen LogP contribution in [0.5, 0.6) is 5.75 Å². The third kappa shape index (κ3) is 8.61. The van der Waals surface area contributed by atoms with E-state index in [9.17, 15) is 32.4 Å². The van der Waals surface area contributed by atoms with Gasteiger partial charge in [0, 0.05) is 30.5 Å². The van der Waals surface area contributed by atoms with Gasteiger partial charge in [-0.2, -0.15) is 0 Å². The molecule has 54 heavy (non-hydrogen) atoms. The van der Waals surface area contributed by atoms with Crippen LogP contribution in [0.4, 0.5) is 0 Å². The number of allylic oxidation sites excluding steroid dienone is 1. The van der Waals surface area contributed by atoms with Gasteiger partial charge in [0.25, 0.3) is 11.8 Å². The molecule has 5 atom stereocenters. The van der Waals surface area contributed by atoms with E-state index in [1.165, 1.54) is 4.90 Å². The van der Waals surface area contributed by atoms with E-state index in [-0.39, 0.29) is 37.4 Å². The lowest BCUT2D eigenvalue weighted by atomic mass is 10.0. The zero-order chi connectivity index (χ0) is 37.9. The SMILES string of the molecule is O=C1CCCCCOc2cccc(c2)-c2cccc(n2)C(=O)N[C@@H]2C[C@H]3C(=O)N[C@]4(C(=O)NS(=O)(=O)C5CC5)C[C@H]4/C=C\CCCCC[C@H](N1)C(=O)N3C2. The molecule has 2 aliphatic carbocycles. The van der Waals surface area contributed by atoms with Crippen LogP contribution in [-0.4, -0.2) is 89.9 Å². The monoisotopic (exact) mass is 760 g/mol. The van der Waals surface area contributed by atoms with Crippen molar-refractivity contribution < 1.29 is 37.1 Å². The van der Waals surface area contributed by atoms with Crippen molar-refractivity contribution in [3.05, 3.63) is 60.3 Å². The van der Waals surface area contributed by atoms with Crippen molar-refractivity contribution in [1.82, 2.24) is 30.6 Å². The third-order valence-corrected chi connectivity index (χ3v) is 12.8. The largest absolute Gasteiger partial charge is 0.494 e. The number of ether oxygens (including phenoxy) is 1. The van der Waals surface area contributed by atoms with Crippen molar-refractivity contribution in [1.29, 1.82) is 0 Å². The number of carbonyl (C=O) groups excluding carboxylic acids is 5. The summed E-state index contributed by atoms with van der Waals surface area (Å²) in [6.45, 7) is 0.434. The highest BCUT2D eigenvalue weighted by Crippen LogP contribution is 2.46. The lowest BCUT2D eigenvalue weighted by Crippen LogP contribution is -2.58. The molecule has 288 valence electrons. The summed E-state index contributed by atoms with van der Waals surface area (Å²) in [5.41, 5.74) is -0.0224. The zero-order valence-corrected chi connectivity index (χ0v) is 31.1. The van der Waals surface area contributed by atoms with Crippen LogP contribution < -0.4 is 25.4 Å². The summed E-state index contributed by atoms with van der Waals surface area (Å²) < 4.78 is 33.8. The van der Waals surface area contributed by atoms with E-state index in [1.807, 2.05) is 36.4 Å². The molecule has 15 heteroatoms. The molecule has 2 aromatic rings. The van der Waals surface area contributed by atoms with Crippen LogP contribution in [0, 0.1) is 5.92 Å². The van der Waals surface area contributed by atoms with Crippen LogP contribution in [0.1, 0.15) is 94.0 Å². The molecule has 0 unspecified atom stereocenters. The second-order valence-corrected chi connectivity index (χ2v) is 17.1. The number of benzene rings is 1. The van der Waals surface area contributed by atoms with E-state index in [0.717, 1.165) is 31.2 Å². The Hall–Kier alpha value is -4.79. The molecule has 14 nitrogen and oxygen atoms in total. The van der Waals surface area contributed by atoms with E-state index in [2.05, 4.69) is 25.7 Å². The molecule has 0 spiro atoms. The Bertz CT molecular complexity index is 1930. The fourth-order valence-corrected chi connectivity index (χ4v) is 9.02. The number of hydrogen-bond acceptors (Lipinski definition) is 9. The van der Waals surface area contributed by atoms with Gasteiger partial charge in [0.2, 0.25) is 27.7 Å². The molecule has 3 fully saturated rings. The van der Waals surface area contributed by atoms with E-state index in [4.69, 9.17) is 4.74 Å². The summed E-state index contributed by atoms with van der Waals surface area (Å²) in [5, 5.41) is 8.13. The van der Waals surface area contributed by atoms with Crippen molar-refractivity contribution >= 4 is 39.6 Å². The van der Waals surface area contributed by atoms with Crippen molar-refractivity contribution in [2.75, 3.05) is 13.2 Å². The summed E-state index contributed by atoms with van der Waals surface area (Å²) in [6, 6.07) is 9.89. The Labute approximate surface area is 315 Å². The Balaban J connectivity index is 1.19. The lowest BCUT2D eigenvalue weighted by molar-refractivity contribution is -0.142. The molecular weight excluding hydrogens is 713 g/mol. The predicted octanol–water partition coefficient (Wildman–Crippen LogP) is 2.89. The highest BCUT2D eigenvalue weighted by atomic mass is 32.2. The van der Waals surface area contributed by atoms with Crippen LogP contribution in [0.15, 0.2) is 54.6 Å². The van der Waals surface area contributed by atoms with Gasteiger partial charge in [-0.25, -0.2) is 13.4 Å². The number of hydrogen-bond donors (Lipinski definition) is 4. The number of nitrogens with zero attached hydrogens (tertiary/aromatic N) is 2. The Morgan fingerprint density at radius 3 is 2.56 bits per heavy atom. The number of fused-ring (bicyclic) bond motifs is 8. The number of nitrogens with one attached hydrogen (secondary N) is 4. The topological polar surface area (TPSA) is 193 Å². The summed E-state index contributed by atoms with van der Waals surface area (Å²) in [4.78, 5) is 75.3. The molecule has 3 aliphatic heterocycles. The maximum Gasteiger partial charge on any atom is 0.270 e. The quantitative estimate of drug-likeness (QED) is 0.341. The second kappa shape index (κ2) is 15.9. The Morgan fingerprint density at radius 1 is 0.926 bits per heavy atom. The minimum atomic E-state index is -3.89. The lowest BCUT2D eigenvalue weighted by Gasteiger charge is -2.30. The number of rotatable bonds is 3. The van der Waals surface area contributed by atoms with Gasteiger partial charge in [-0.1, -0.05) is 43.2 Å². The Kier molecular flexibility index (Phi) is 11.0. The molecule has 5 amide bonds. The van der Waals surface area contributed by atoms with E-state index in [0.29, 0.717) is 56.6 Å². The van der Waals surface area contributed by atoms with Gasteiger partial charge in [-0.15, -0.1) is 0 Å². The van der Waals surface area contributed by atoms with Crippen molar-refractivity contribution in [2.24, 2.45) is 5.92 Å². The molecule has 1 aromatic carbocycles. The maximum absolute atomic E-state index is 14.4. The molecule has 1 saturated heterocycles. The molecule has 4 heterocycles. The average molecular weight is 761 g/mol. The van der Waals surface area contributed by atoms with Crippen LogP contribution in [-0.2, 0) is 29.2 Å². The second-order valence-electron chi connectivity index (χ2n) is 15.1. The molecule has 0 radical (unpaired) electrons. The fraction of sp³-hybridized carbons (Fsp3) is 0.538. The number of sulfonamides is 1. The van der Waals surface area contributed by atoms with E-state index in [1.54, 1.807) is 18.2 Å². The number of pyridine rings is 1. The van der Waals surface area contributed by atoms with Crippen molar-refractivity contribution in [2.45, 2.75) is 112 Å². The van der Waals surface area contributed by atoms with Gasteiger partial charge in [0.05, 0.1) is 17.6 Å². The van der Waals surface area contributed by atoms with E-state index < -0.39 is 68.5 Å². The predicted molar refractivity (Wildman–Crippen MR) is 198 cm³/mol. The van der Waals surface area contributed by atoms with Crippen LogP contribution in [0.25, 0.3) is 11.3 Å². The standard InChI is InChI=1S/C39H48N6O8S/c46-34-17-7-4-8-20-53-28-13-9-11-25(21-28)30-15-10-16-31(41-30)35(47)40-27-22-33-36(48)43-39(38(50)44-54(51,52)29-18-19-29)23-26(39)12-5-2-1-3-6-14-32(42-34)37(49)45(33)24-27/h5,9-13,15-16,21,26-27,29,32-33H,1-4,6-8,14,17-20,22-24H2,(H,40,47)(H,42,46)(H,43,48)(H,44,50)/b12-5-/t26-,27-,32+,33+,39-/m1/s1. The first-order valence-corrected chi connectivity index (χ1v) is 20.7. The van der Waals surface area contributed by atoms with Crippen LogP contribution in [0.3, 0.4) is 0 Å². The van der Waals surface area contributed by atoms with Gasteiger partial charge in [-0.3, -0.25) is 28.7 Å². The van der Waals surface area contributed by atoms with E-state index >= 15 is 0 Å². The van der Waals surface area contributed by atoms with Gasteiger partial charge in [-0.05, 0) is 88.5 Å². The summed E-state index contributed by atoms with van der Waals surface area (Å²) >= 11 is 0. The minimum absolute atomic E-state index is 0.0211. The van der Waals surface area contributed by atoms with Gasteiger partial charge >= 0.3 is 0 Å². The summed E-state index contributed by atoms with van der Waals surface area (Å²) in [5.74, 6) is -2.40. The molecule has 1 aromatic heterocycles. The first kappa shape index (κ1) is 37.5. The number of amides is 5. The molecule has 4 N–H and O–H groups in total. The van der Waals surface area contributed by atoms with Gasteiger partial charge in [0.1, 0.15) is 29.1 Å². The highest BCUT2D eigenvalue weighted by Gasteiger charge is 2.62. The van der Waals surface area contributed by atoms with Crippen LogP contribution in [0.2, 0.25) is 0 Å². The first-order chi connectivity index (χ1) is 26.0. The number of carbonyl (C=O) groups is 5. The molecular formula is C39H48N6O8S. The molecule has 7 bridgehead atoms. The first-order valence-electron chi connectivity index (χ1n) is 19.2. The van der Waals surface area contributed by atoms with Crippen molar-refractivity contribution in [3.8, 4) is 17.0 Å². The normalized spacial score (nSPS) is 29.1. The zero-order valence-electron chi connectivity index (χ0n) is 30.3. The highest BCUT2D eigenvalue weighted by molar-refractivity contribution is 7.91. The third-order valence-electron chi connectivity index (χ3n) is 11.0. The van der Waals surface area contributed by atoms with Crippen LogP contribution >= 0.6 is 0 Å². The fourth-order valence-electron chi connectivity index (χ4n) is 7.65. The summed E-state index contributed by atoms with van der Waals surface area (Å²) in [6.07, 6.45) is 10.6.